The lowest BCUT2D eigenvalue weighted by Gasteiger charge is -2.19. The van der Waals surface area contributed by atoms with Crippen molar-refractivity contribution in [3.05, 3.63) is 28.2 Å². The molecule has 0 saturated carbocycles. The first-order valence-electron chi connectivity index (χ1n) is 6.87. The Morgan fingerprint density at radius 2 is 2.05 bits per heavy atom. The van der Waals surface area contributed by atoms with E-state index in [-0.39, 0.29) is 10.0 Å². The van der Waals surface area contributed by atoms with Crippen molar-refractivity contribution in [1.29, 1.82) is 0 Å². The number of alkyl carbamates (subject to hydrolysis) is 1. The maximum absolute atomic E-state index is 12.7. The molecule has 4 nitrogen and oxygen atoms in total. The van der Waals surface area contributed by atoms with E-state index in [1.165, 1.54) is 12.1 Å². The fourth-order valence-electron chi connectivity index (χ4n) is 1.57. The average Bonchev–Trinajstić information content (AvgIpc) is 2.37. The van der Waals surface area contributed by atoms with Crippen LogP contribution in [0, 0.1) is 0 Å². The molecule has 0 heterocycles. The van der Waals surface area contributed by atoms with Gasteiger partial charge in [0, 0.05) is 12.1 Å². The van der Waals surface area contributed by atoms with Crippen LogP contribution in [-0.2, 0) is 4.74 Å². The number of halogens is 3. The Bertz CT molecular complexity index is 504. The molecule has 0 spiro atoms. The van der Waals surface area contributed by atoms with Gasteiger partial charge in [0.2, 0.25) is 0 Å². The van der Waals surface area contributed by atoms with Gasteiger partial charge in [-0.05, 0) is 49.2 Å². The first-order valence-corrected chi connectivity index (χ1v) is 7.66. The smallest absolute Gasteiger partial charge is 0.407 e. The van der Waals surface area contributed by atoms with E-state index >= 15 is 0 Å². The summed E-state index contributed by atoms with van der Waals surface area (Å²) in [6, 6.07) is 4.46. The van der Waals surface area contributed by atoms with E-state index in [1.54, 1.807) is 26.8 Å². The molecular weight excluding hydrogens is 360 g/mol. The SMILES string of the molecule is CC(C)(C)OC(=O)NCCCOc1cccc(C(F)F)c1Br. The van der Waals surface area contributed by atoms with Crippen molar-refractivity contribution >= 4 is 22.0 Å². The monoisotopic (exact) mass is 379 g/mol. The van der Waals surface area contributed by atoms with Crippen LogP contribution >= 0.6 is 15.9 Å². The van der Waals surface area contributed by atoms with Crippen LogP contribution < -0.4 is 10.1 Å². The fourth-order valence-corrected chi connectivity index (χ4v) is 2.12. The quantitative estimate of drug-likeness (QED) is 0.729. The van der Waals surface area contributed by atoms with Crippen molar-refractivity contribution in [2.24, 2.45) is 0 Å². The second-order valence-electron chi connectivity index (χ2n) is 5.59. The van der Waals surface area contributed by atoms with Crippen LogP contribution in [0.25, 0.3) is 0 Å². The predicted molar refractivity (Wildman–Crippen MR) is 83.4 cm³/mol. The lowest BCUT2D eigenvalue weighted by Crippen LogP contribution is -2.33. The zero-order valence-electron chi connectivity index (χ0n) is 12.8. The first-order chi connectivity index (χ1) is 10.2. The number of amides is 1. The maximum Gasteiger partial charge on any atom is 0.407 e. The summed E-state index contributed by atoms with van der Waals surface area (Å²) in [6.07, 6.45) is -2.52. The zero-order valence-corrected chi connectivity index (χ0v) is 14.4. The van der Waals surface area contributed by atoms with E-state index in [9.17, 15) is 13.6 Å². The number of benzene rings is 1. The minimum atomic E-state index is -2.56. The van der Waals surface area contributed by atoms with Crippen molar-refractivity contribution in [3.8, 4) is 5.75 Å². The molecule has 1 aromatic rings. The Labute approximate surface area is 137 Å². The molecule has 7 heteroatoms. The molecule has 1 amide bonds. The number of carbonyl (C=O) groups excluding carboxylic acids is 1. The molecule has 0 aliphatic rings. The molecule has 1 rings (SSSR count). The summed E-state index contributed by atoms with van der Waals surface area (Å²) in [6.45, 7) is 6.01. The number of ether oxygens (including phenoxy) is 2. The largest absolute Gasteiger partial charge is 0.492 e. The van der Waals surface area contributed by atoms with Crippen molar-refractivity contribution in [2.45, 2.75) is 39.2 Å². The third-order valence-corrected chi connectivity index (χ3v) is 3.32. The second-order valence-corrected chi connectivity index (χ2v) is 6.38. The molecular formula is C15H20BrF2NO3. The summed E-state index contributed by atoms with van der Waals surface area (Å²) in [4.78, 5) is 11.4. The van der Waals surface area contributed by atoms with Gasteiger partial charge in [0.25, 0.3) is 6.43 Å². The summed E-state index contributed by atoms with van der Waals surface area (Å²) >= 11 is 3.11. The van der Waals surface area contributed by atoms with Crippen molar-refractivity contribution in [2.75, 3.05) is 13.2 Å². The highest BCUT2D eigenvalue weighted by Crippen LogP contribution is 2.34. The summed E-state index contributed by atoms with van der Waals surface area (Å²) < 4.78 is 36.2. The van der Waals surface area contributed by atoms with Crippen molar-refractivity contribution in [3.63, 3.8) is 0 Å². The molecule has 0 fully saturated rings. The Balaban J connectivity index is 2.34. The maximum atomic E-state index is 12.7. The fraction of sp³-hybridized carbons (Fsp3) is 0.533. The second kappa shape index (κ2) is 8.31. The molecule has 0 aliphatic carbocycles. The molecule has 0 bridgehead atoms. The molecule has 124 valence electrons. The average molecular weight is 380 g/mol. The van der Waals surface area contributed by atoms with Gasteiger partial charge >= 0.3 is 6.09 Å². The topological polar surface area (TPSA) is 47.6 Å². The summed E-state index contributed by atoms with van der Waals surface area (Å²) in [7, 11) is 0. The van der Waals surface area contributed by atoms with Gasteiger partial charge in [0.1, 0.15) is 11.4 Å². The molecule has 0 unspecified atom stereocenters. The van der Waals surface area contributed by atoms with Crippen LogP contribution in [0.3, 0.4) is 0 Å². The highest BCUT2D eigenvalue weighted by atomic mass is 79.9. The molecule has 0 aromatic heterocycles. The Kier molecular flexibility index (Phi) is 7.06. The van der Waals surface area contributed by atoms with Crippen molar-refractivity contribution in [1.82, 2.24) is 5.32 Å². The van der Waals surface area contributed by atoms with Crippen LogP contribution in [0.4, 0.5) is 13.6 Å². The van der Waals surface area contributed by atoms with Crippen molar-refractivity contribution < 1.29 is 23.0 Å². The normalized spacial score (nSPS) is 11.4. The number of hydrogen-bond donors (Lipinski definition) is 1. The highest BCUT2D eigenvalue weighted by Gasteiger charge is 2.16. The van der Waals surface area contributed by atoms with Gasteiger partial charge in [0.05, 0.1) is 11.1 Å². The third kappa shape index (κ3) is 6.60. The van der Waals surface area contributed by atoms with Gasteiger partial charge in [-0.15, -0.1) is 0 Å². The standard InChI is InChI=1S/C15H20BrF2NO3/c1-15(2,3)22-14(20)19-8-5-9-21-11-7-4-6-10(12(11)16)13(17)18/h4,6-7,13H,5,8-9H2,1-3H3,(H,19,20). The minimum absolute atomic E-state index is 0.107. The molecule has 0 radical (unpaired) electrons. The van der Waals surface area contributed by atoms with E-state index in [0.29, 0.717) is 25.3 Å². The lowest BCUT2D eigenvalue weighted by molar-refractivity contribution is 0.0525. The number of hydrogen-bond acceptors (Lipinski definition) is 3. The molecule has 1 N–H and O–H groups in total. The molecule has 0 atom stereocenters. The third-order valence-electron chi connectivity index (χ3n) is 2.48. The summed E-state index contributed by atoms with van der Waals surface area (Å²) in [5, 5.41) is 2.60. The predicted octanol–water partition coefficient (Wildman–Crippen LogP) is 4.68. The molecule has 0 aliphatic heterocycles. The number of carbonyl (C=O) groups is 1. The van der Waals surface area contributed by atoms with Crippen LogP contribution in [0.5, 0.6) is 5.75 Å². The van der Waals surface area contributed by atoms with E-state index in [2.05, 4.69) is 21.2 Å². The van der Waals surface area contributed by atoms with Crippen LogP contribution in [-0.4, -0.2) is 24.8 Å². The first kappa shape index (κ1) is 18.7. The van der Waals surface area contributed by atoms with Gasteiger partial charge in [-0.2, -0.15) is 0 Å². The number of alkyl halides is 2. The van der Waals surface area contributed by atoms with Crippen LogP contribution in [0.15, 0.2) is 22.7 Å². The van der Waals surface area contributed by atoms with Gasteiger partial charge in [-0.3, -0.25) is 0 Å². The van der Waals surface area contributed by atoms with Gasteiger partial charge < -0.3 is 14.8 Å². The van der Waals surface area contributed by atoms with Crippen LogP contribution in [0.1, 0.15) is 39.2 Å². The Morgan fingerprint density at radius 1 is 1.36 bits per heavy atom. The molecule has 1 aromatic carbocycles. The Morgan fingerprint density at radius 3 is 2.64 bits per heavy atom. The Hall–Kier alpha value is -1.37. The number of nitrogens with one attached hydrogen (secondary N) is 1. The molecule has 22 heavy (non-hydrogen) atoms. The minimum Gasteiger partial charge on any atom is -0.492 e. The highest BCUT2D eigenvalue weighted by molar-refractivity contribution is 9.10. The van der Waals surface area contributed by atoms with E-state index in [4.69, 9.17) is 9.47 Å². The van der Waals surface area contributed by atoms with Crippen LogP contribution in [0.2, 0.25) is 0 Å². The van der Waals surface area contributed by atoms with Gasteiger partial charge in [0.15, 0.2) is 0 Å². The molecule has 0 saturated heterocycles. The summed E-state index contributed by atoms with van der Waals surface area (Å²) in [5.74, 6) is 0.357. The van der Waals surface area contributed by atoms with E-state index < -0.39 is 18.1 Å². The number of rotatable bonds is 6. The van der Waals surface area contributed by atoms with E-state index in [1.807, 2.05) is 0 Å². The van der Waals surface area contributed by atoms with Gasteiger partial charge in [-0.1, -0.05) is 12.1 Å². The lowest BCUT2D eigenvalue weighted by atomic mass is 10.2. The van der Waals surface area contributed by atoms with Gasteiger partial charge in [-0.25, -0.2) is 13.6 Å². The van der Waals surface area contributed by atoms with E-state index in [0.717, 1.165) is 0 Å². The summed E-state index contributed by atoms with van der Waals surface area (Å²) in [5.41, 5.74) is -0.648. The zero-order chi connectivity index (χ0) is 16.8.